The summed E-state index contributed by atoms with van der Waals surface area (Å²) in [6.07, 6.45) is 6.23. The largest absolute Gasteiger partial charge is 0.497 e. The van der Waals surface area contributed by atoms with Crippen LogP contribution in [0.4, 0.5) is 0 Å². The van der Waals surface area contributed by atoms with Gasteiger partial charge in [0, 0.05) is 11.6 Å². The molecule has 2 fully saturated rings. The summed E-state index contributed by atoms with van der Waals surface area (Å²) < 4.78 is 34.2. The summed E-state index contributed by atoms with van der Waals surface area (Å²) in [6, 6.07) is 14.1. The van der Waals surface area contributed by atoms with Crippen molar-refractivity contribution in [2.75, 3.05) is 7.11 Å². The number of rotatable bonds is 6. The Labute approximate surface area is 181 Å². The number of hydrogen-bond acceptors (Lipinski definition) is 5. The molecular formula is C24H24N2O4S. The molecule has 0 atom stereocenters. The first-order valence-electron chi connectivity index (χ1n) is 10.5. The van der Waals surface area contributed by atoms with E-state index in [0.717, 1.165) is 24.0 Å². The molecule has 1 heterocycles. The highest BCUT2D eigenvalue weighted by atomic mass is 32.2. The fourth-order valence-electron chi connectivity index (χ4n) is 4.48. The molecule has 1 amide bonds. The van der Waals surface area contributed by atoms with Crippen molar-refractivity contribution in [3.05, 3.63) is 65.9 Å². The maximum Gasteiger partial charge on any atom is 0.264 e. The molecule has 0 radical (unpaired) electrons. The molecule has 1 aromatic heterocycles. The van der Waals surface area contributed by atoms with Crippen LogP contribution in [0, 0.1) is 0 Å². The second kappa shape index (κ2) is 7.34. The normalized spacial score (nSPS) is 17.7. The third kappa shape index (κ3) is 3.37. The van der Waals surface area contributed by atoms with E-state index in [4.69, 9.17) is 4.74 Å². The van der Waals surface area contributed by atoms with Crippen LogP contribution in [0.5, 0.6) is 5.75 Å². The van der Waals surface area contributed by atoms with Gasteiger partial charge in [-0.1, -0.05) is 18.6 Å². The van der Waals surface area contributed by atoms with Crippen LogP contribution in [0.1, 0.15) is 49.1 Å². The van der Waals surface area contributed by atoms with Crippen molar-refractivity contribution in [3.63, 3.8) is 0 Å². The minimum atomic E-state index is -4.05. The lowest BCUT2D eigenvalue weighted by Crippen LogP contribution is -2.39. The van der Waals surface area contributed by atoms with Gasteiger partial charge in [0.15, 0.2) is 0 Å². The SMILES string of the molecule is COc1ccc(C2CCC2)c(C2(C(=O)NS(=O)(=O)c3cccc4ncccc34)CC2)c1. The van der Waals surface area contributed by atoms with Crippen LogP contribution in [-0.4, -0.2) is 26.4 Å². The average molecular weight is 437 g/mol. The van der Waals surface area contributed by atoms with Gasteiger partial charge in [0.25, 0.3) is 10.0 Å². The molecule has 6 nitrogen and oxygen atoms in total. The van der Waals surface area contributed by atoms with Gasteiger partial charge < -0.3 is 4.74 Å². The number of sulfonamides is 1. The van der Waals surface area contributed by atoms with Crippen molar-refractivity contribution in [2.24, 2.45) is 0 Å². The summed E-state index contributed by atoms with van der Waals surface area (Å²) in [5.41, 5.74) is 1.80. The molecule has 2 saturated carbocycles. The summed E-state index contributed by atoms with van der Waals surface area (Å²) in [5.74, 6) is 0.634. The van der Waals surface area contributed by atoms with Gasteiger partial charge in [-0.3, -0.25) is 9.78 Å². The van der Waals surface area contributed by atoms with Gasteiger partial charge in [0.1, 0.15) is 5.75 Å². The summed E-state index contributed by atoms with van der Waals surface area (Å²) in [5, 5.41) is 0.492. The molecule has 0 bridgehead atoms. The summed E-state index contributed by atoms with van der Waals surface area (Å²) >= 11 is 0. The fourth-order valence-corrected chi connectivity index (χ4v) is 5.75. The van der Waals surface area contributed by atoms with Crippen LogP contribution in [0.3, 0.4) is 0 Å². The lowest BCUT2D eigenvalue weighted by atomic mass is 9.75. The standard InChI is InChI=1S/C24H24N2O4S/c1-30-17-10-11-18(16-5-2-6-16)20(15-17)24(12-13-24)23(27)26-31(28,29)22-9-3-8-21-19(22)7-4-14-25-21/h3-4,7-11,14-16H,2,5-6,12-13H2,1H3,(H,26,27). The van der Waals surface area contributed by atoms with E-state index in [1.807, 2.05) is 18.2 Å². The summed E-state index contributed by atoms with van der Waals surface area (Å²) in [4.78, 5) is 17.7. The Morgan fingerprint density at radius 2 is 1.94 bits per heavy atom. The van der Waals surface area contributed by atoms with E-state index in [0.29, 0.717) is 35.4 Å². The third-order valence-electron chi connectivity index (χ3n) is 6.63. The number of fused-ring (bicyclic) bond motifs is 1. The Morgan fingerprint density at radius 1 is 1.13 bits per heavy atom. The van der Waals surface area contributed by atoms with Crippen LogP contribution in [0.15, 0.2) is 59.6 Å². The Kier molecular flexibility index (Phi) is 4.73. The molecule has 0 unspecified atom stereocenters. The quantitative estimate of drug-likeness (QED) is 0.630. The molecule has 0 aliphatic heterocycles. The second-order valence-electron chi connectivity index (χ2n) is 8.42. The van der Waals surface area contributed by atoms with Gasteiger partial charge in [0.05, 0.1) is 22.9 Å². The Morgan fingerprint density at radius 3 is 2.61 bits per heavy atom. The predicted octanol–water partition coefficient (Wildman–Crippen LogP) is 4.05. The molecule has 5 rings (SSSR count). The first-order chi connectivity index (χ1) is 14.9. The fraction of sp³-hybridized carbons (Fsp3) is 0.333. The zero-order chi connectivity index (χ0) is 21.6. The van der Waals surface area contributed by atoms with E-state index >= 15 is 0 Å². The van der Waals surface area contributed by atoms with E-state index in [1.54, 1.807) is 37.6 Å². The van der Waals surface area contributed by atoms with Gasteiger partial charge >= 0.3 is 0 Å². The maximum absolute atomic E-state index is 13.4. The molecule has 1 N–H and O–H groups in total. The molecule has 3 aromatic rings. The first-order valence-corrected chi connectivity index (χ1v) is 12.0. The Hall–Kier alpha value is -2.93. The smallest absolute Gasteiger partial charge is 0.264 e. The highest BCUT2D eigenvalue weighted by Gasteiger charge is 2.54. The van der Waals surface area contributed by atoms with Crippen LogP contribution >= 0.6 is 0 Å². The topological polar surface area (TPSA) is 85.4 Å². The van der Waals surface area contributed by atoms with Crippen LogP contribution in [-0.2, 0) is 20.2 Å². The van der Waals surface area contributed by atoms with Gasteiger partial charge in [-0.15, -0.1) is 0 Å². The van der Waals surface area contributed by atoms with Gasteiger partial charge in [-0.05, 0) is 79.1 Å². The van der Waals surface area contributed by atoms with Crippen LogP contribution < -0.4 is 9.46 Å². The Bertz CT molecular complexity index is 1270. The van der Waals surface area contributed by atoms with E-state index in [9.17, 15) is 13.2 Å². The molecular weight excluding hydrogens is 412 g/mol. The van der Waals surface area contributed by atoms with Gasteiger partial charge in [-0.2, -0.15) is 0 Å². The van der Waals surface area contributed by atoms with Gasteiger partial charge in [0.2, 0.25) is 5.91 Å². The van der Waals surface area contributed by atoms with Crippen molar-refractivity contribution in [2.45, 2.75) is 48.3 Å². The van der Waals surface area contributed by atoms with E-state index in [-0.39, 0.29) is 4.90 Å². The average Bonchev–Trinajstić information content (AvgIpc) is 3.54. The van der Waals surface area contributed by atoms with Crippen molar-refractivity contribution < 1.29 is 17.9 Å². The second-order valence-corrected chi connectivity index (χ2v) is 10.1. The summed E-state index contributed by atoms with van der Waals surface area (Å²) in [7, 11) is -2.45. The number of carbonyl (C=O) groups excluding carboxylic acids is 1. The number of ether oxygens (including phenoxy) is 1. The number of benzene rings is 2. The molecule has 0 saturated heterocycles. The minimum absolute atomic E-state index is 0.0621. The maximum atomic E-state index is 13.4. The zero-order valence-corrected chi connectivity index (χ0v) is 18.1. The number of nitrogens with zero attached hydrogens (tertiary/aromatic N) is 1. The third-order valence-corrected chi connectivity index (χ3v) is 8.02. The highest BCUT2D eigenvalue weighted by Crippen LogP contribution is 2.53. The molecule has 2 aliphatic rings. The monoisotopic (exact) mass is 436 g/mol. The zero-order valence-electron chi connectivity index (χ0n) is 17.3. The van der Waals surface area contributed by atoms with Crippen LogP contribution in [0.2, 0.25) is 0 Å². The number of amides is 1. The van der Waals surface area contributed by atoms with Gasteiger partial charge in [-0.25, -0.2) is 13.1 Å². The van der Waals surface area contributed by atoms with E-state index in [1.165, 1.54) is 12.5 Å². The lowest BCUT2D eigenvalue weighted by Gasteiger charge is -2.30. The van der Waals surface area contributed by atoms with Crippen molar-refractivity contribution in [1.29, 1.82) is 0 Å². The highest BCUT2D eigenvalue weighted by molar-refractivity contribution is 7.90. The van der Waals surface area contributed by atoms with E-state index in [2.05, 4.69) is 9.71 Å². The lowest BCUT2D eigenvalue weighted by molar-refractivity contribution is -0.121. The minimum Gasteiger partial charge on any atom is -0.497 e. The van der Waals surface area contributed by atoms with E-state index < -0.39 is 21.3 Å². The molecule has 0 spiro atoms. The van der Waals surface area contributed by atoms with Crippen molar-refractivity contribution in [1.82, 2.24) is 9.71 Å². The number of nitrogens with one attached hydrogen (secondary N) is 1. The molecule has 2 aliphatic carbocycles. The number of carbonyl (C=O) groups is 1. The number of methoxy groups -OCH3 is 1. The molecule has 31 heavy (non-hydrogen) atoms. The molecule has 2 aromatic carbocycles. The number of hydrogen-bond donors (Lipinski definition) is 1. The predicted molar refractivity (Wildman–Crippen MR) is 118 cm³/mol. The number of aromatic nitrogens is 1. The van der Waals surface area contributed by atoms with Crippen LogP contribution in [0.25, 0.3) is 10.9 Å². The Balaban J connectivity index is 1.51. The van der Waals surface area contributed by atoms with Crippen molar-refractivity contribution >= 4 is 26.8 Å². The molecule has 160 valence electrons. The van der Waals surface area contributed by atoms with Crippen molar-refractivity contribution in [3.8, 4) is 5.75 Å². The summed E-state index contributed by atoms with van der Waals surface area (Å²) in [6.45, 7) is 0. The first kappa shape index (κ1) is 20.0. The molecule has 7 heteroatoms. The number of pyridine rings is 1.